The molecule has 2 aliphatic carbocycles. The van der Waals surface area contributed by atoms with E-state index in [9.17, 15) is 4.79 Å². The highest BCUT2D eigenvalue weighted by Gasteiger charge is 2.51. The largest absolute Gasteiger partial charge is 0.481 e. The highest BCUT2D eigenvalue weighted by atomic mass is 16.5. The van der Waals surface area contributed by atoms with Crippen LogP contribution in [-0.2, 0) is 9.53 Å². The van der Waals surface area contributed by atoms with Crippen molar-refractivity contribution in [1.29, 1.82) is 0 Å². The van der Waals surface area contributed by atoms with Crippen molar-refractivity contribution >= 4 is 5.97 Å². The average molecular weight is 184 g/mol. The third-order valence-corrected chi connectivity index (χ3v) is 3.48. The van der Waals surface area contributed by atoms with Crippen LogP contribution in [0.3, 0.4) is 0 Å². The van der Waals surface area contributed by atoms with Gasteiger partial charge in [0.15, 0.2) is 0 Å². The van der Waals surface area contributed by atoms with Crippen LogP contribution in [0.1, 0.15) is 26.2 Å². The number of carboxylic acids is 1. The first kappa shape index (κ1) is 9.00. The summed E-state index contributed by atoms with van der Waals surface area (Å²) < 4.78 is 5.53. The van der Waals surface area contributed by atoms with E-state index in [4.69, 9.17) is 9.84 Å². The van der Waals surface area contributed by atoms with E-state index in [1.807, 2.05) is 6.92 Å². The molecule has 4 unspecified atom stereocenters. The van der Waals surface area contributed by atoms with Crippen molar-refractivity contribution in [2.75, 3.05) is 6.61 Å². The summed E-state index contributed by atoms with van der Waals surface area (Å²) in [7, 11) is 0. The van der Waals surface area contributed by atoms with Gasteiger partial charge in [0.05, 0.1) is 12.0 Å². The van der Waals surface area contributed by atoms with E-state index in [-0.39, 0.29) is 12.0 Å². The van der Waals surface area contributed by atoms with E-state index in [1.54, 1.807) is 0 Å². The molecule has 0 spiro atoms. The van der Waals surface area contributed by atoms with Gasteiger partial charge in [0.2, 0.25) is 0 Å². The standard InChI is InChI=1S/C10H16O3/c1-2-13-9-7-4-3-6(5-7)8(9)10(11)12/h6-9H,2-5H2,1H3,(H,11,12). The second-order valence-electron chi connectivity index (χ2n) is 4.12. The van der Waals surface area contributed by atoms with Gasteiger partial charge in [0.1, 0.15) is 0 Å². The van der Waals surface area contributed by atoms with Crippen molar-refractivity contribution in [1.82, 2.24) is 0 Å². The first-order valence-electron chi connectivity index (χ1n) is 5.08. The zero-order valence-electron chi connectivity index (χ0n) is 7.90. The van der Waals surface area contributed by atoms with Crippen LogP contribution in [0.4, 0.5) is 0 Å². The van der Waals surface area contributed by atoms with E-state index >= 15 is 0 Å². The molecule has 74 valence electrons. The van der Waals surface area contributed by atoms with Crippen LogP contribution in [0.2, 0.25) is 0 Å². The highest BCUT2D eigenvalue weighted by molar-refractivity contribution is 5.72. The number of hydrogen-bond donors (Lipinski definition) is 1. The lowest BCUT2D eigenvalue weighted by atomic mass is 9.86. The lowest BCUT2D eigenvalue weighted by Crippen LogP contribution is -2.35. The maximum absolute atomic E-state index is 11.0. The Bertz CT molecular complexity index is 214. The molecule has 0 aromatic heterocycles. The smallest absolute Gasteiger partial charge is 0.309 e. The molecule has 2 fully saturated rings. The fourth-order valence-corrected chi connectivity index (χ4v) is 3.01. The molecule has 4 atom stereocenters. The summed E-state index contributed by atoms with van der Waals surface area (Å²) in [6, 6.07) is 0. The fraction of sp³-hybridized carbons (Fsp3) is 0.900. The molecular formula is C10H16O3. The van der Waals surface area contributed by atoms with Crippen molar-refractivity contribution in [2.45, 2.75) is 32.3 Å². The topological polar surface area (TPSA) is 46.5 Å². The second-order valence-corrected chi connectivity index (χ2v) is 4.12. The lowest BCUT2D eigenvalue weighted by molar-refractivity contribution is -0.150. The number of carbonyl (C=O) groups is 1. The summed E-state index contributed by atoms with van der Waals surface area (Å²) in [4.78, 5) is 11.0. The van der Waals surface area contributed by atoms with Gasteiger partial charge >= 0.3 is 5.97 Å². The average Bonchev–Trinajstić information content (AvgIpc) is 2.63. The molecule has 2 saturated carbocycles. The quantitative estimate of drug-likeness (QED) is 0.723. The molecule has 0 aromatic carbocycles. The Morgan fingerprint density at radius 1 is 1.46 bits per heavy atom. The van der Waals surface area contributed by atoms with Crippen LogP contribution in [0, 0.1) is 17.8 Å². The molecule has 0 amide bonds. The Labute approximate surface area is 78.1 Å². The fourth-order valence-electron chi connectivity index (χ4n) is 3.01. The van der Waals surface area contributed by atoms with Crippen molar-refractivity contribution < 1.29 is 14.6 Å². The van der Waals surface area contributed by atoms with Crippen LogP contribution in [-0.4, -0.2) is 23.8 Å². The number of hydrogen-bond acceptors (Lipinski definition) is 2. The summed E-state index contributed by atoms with van der Waals surface area (Å²) in [6.45, 7) is 2.57. The minimum atomic E-state index is -0.661. The van der Waals surface area contributed by atoms with Crippen molar-refractivity contribution in [3.8, 4) is 0 Å². The lowest BCUT2D eigenvalue weighted by Gasteiger charge is -2.27. The number of rotatable bonds is 3. The first-order chi connectivity index (χ1) is 6.24. The maximum Gasteiger partial charge on any atom is 0.309 e. The monoisotopic (exact) mass is 184 g/mol. The normalized spacial score (nSPS) is 42.5. The van der Waals surface area contributed by atoms with Crippen molar-refractivity contribution in [2.24, 2.45) is 17.8 Å². The van der Waals surface area contributed by atoms with Gasteiger partial charge in [-0.05, 0) is 38.0 Å². The molecule has 13 heavy (non-hydrogen) atoms. The van der Waals surface area contributed by atoms with E-state index < -0.39 is 5.97 Å². The summed E-state index contributed by atoms with van der Waals surface area (Å²) in [5.41, 5.74) is 0. The predicted molar refractivity (Wildman–Crippen MR) is 47.4 cm³/mol. The van der Waals surface area contributed by atoms with E-state index in [0.717, 1.165) is 12.8 Å². The van der Waals surface area contributed by atoms with Gasteiger partial charge in [0.25, 0.3) is 0 Å². The SMILES string of the molecule is CCOC1C2CCC(C2)C1C(=O)O. The number of carboxylic acid groups (broad SMARTS) is 1. The van der Waals surface area contributed by atoms with Gasteiger partial charge in [-0.25, -0.2) is 0 Å². The number of fused-ring (bicyclic) bond motifs is 2. The van der Waals surface area contributed by atoms with E-state index in [2.05, 4.69) is 0 Å². The molecule has 2 aliphatic rings. The molecule has 3 heteroatoms. The Hall–Kier alpha value is -0.570. The maximum atomic E-state index is 11.0. The van der Waals surface area contributed by atoms with Gasteiger partial charge in [-0.3, -0.25) is 4.79 Å². The van der Waals surface area contributed by atoms with Gasteiger partial charge < -0.3 is 9.84 Å². The minimum absolute atomic E-state index is 0.00116. The number of aliphatic carboxylic acids is 1. The van der Waals surface area contributed by atoms with Gasteiger partial charge in [-0.15, -0.1) is 0 Å². The van der Waals surface area contributed by atoms with Gasteiger partial charge in [-0.2, -0.15) is 0 Å². The van der Waals surface area contributed by atoms with Crippen LogP contribution in [0.25, 0.3) is 0 Å². The Balaban J connectivity index is 2.10. The summed E-state index contributed by atoms with van der Waals surface area (Å²) >= 11 is 0. The van der Waals surface area contributed by atoms with Crippen LogP contribution in [0.5, 0.6) is 0 Å². The summed E-state index contributed by atoms with van der Waals surface area (Å²) in [6.07, 6.45) is 3.33. The van der Waals surface area contributed by atoms with Crippen LogP contribution < -0.4 is 0 Å². The highest BCUT2D eigenvalue weighted by Crippen LogP contribution is 2.49. The van der Waals surface area contributed by atoms with Crippen LogP contribution in [0.15, 0.2) is 0 Å². The van der Waals surface area contributed by atoms with Crippen molar-refractivity contribution in [3.63, 3.8) is 0 Å². The number of ether oxygens (including phenoxy) is 1. The molecule has 2 bridgehead atoms. The zero-order valence-corrected chi connectivity index (χ0v) is 7.90. The van der Waals surface area contributed by atoms with E-state index in [0.29, 0.717) is 18.4 Å². The molecule has 3 nitrogen and oxygen atoms in total. The zero-order chi connectivity index (χ0) is 9.42. The van der Waals surface area contributed by atoms with Gasteiger partial charge in [-0.1, -0.05) is 0 Å². The molecule has 2 rings (SSSR count). The molecule has 0 heterocycles. The Kier molecular flexibility index (Phi) is 2.28. The third kappa shape index (κ3) is 1.35. The molecule has 0 radical (unpaired) electrons. The van der Waals surface area contributed by atoms with Crippen molar-refractivity contribution in [3.05, 3.63) is 0 Å². The Morgan fingerprint density at radius 2 is 2.15 bits per heavy atom. The Morgan fingerprint density at radius 3 is 2.77 bits per heavy atom. The third-order valence-electron chi connectivity index (χ3n) is 3.48. The van der Waals surface area contributed by atoms with Crippen LogP contribution >= 0.6 is 0 Å². The molecular weight excluding hydrogens is 168 g/mol. The molecule has 0 aromatic rings. The van der Waals surface area contributed by atoms with Gasteiger partial charge in [0, 0.05) is 6.61 Å². The summed E-state index contributed by atoms with van der Waals surface area (Å²) in [5, 5.41) is 9.05. The summed E-state index contributed by atoms with van der Waals surface area (Å²) in [5.74, 6) is 0.0226. The van der Waals surface area contributed by atoms with E-state index in [1.165, 1.54) is 6.42 Å². The predicted octanol–water partition coefficient (Wildman–Crippen LogP) is 1.52. The molecule has 1 N–H and O–H groups in total. The minimum Gasteiger partial charge on any atom is -0.481 e. The second kappa shape index (κ2) is 3.29. The molecule has 0 aliphatic heterocycles. The first-order valence-corrected chi connectivity index (χ1v) is 5.08. The molecule has 0 saturated heterocycles.